The quantitative estimate of drug-likeness (QED) is 0.0252. The summed E-state index contributed by atoms with van der Waals surface area (Å²) < 4.78 is 55.5. The van der Waals surface area contributed by atoms with Crippen molar-refractivity contribution in [3.63, 3.8) is 0 Å². The van der Waals surface area contributed by atoms with Crippen LogP contribution in [0.15, 0.2) is 0 Å². The van der Waals surface area contributed by atoms with E-state index in [2.05, 4.69) is 31.9 Å². The second kappa shape index (κ2) is 55.8. The summed E-state index contributed by atoms with van der Waals surface area (Å²) in [5.74, 6) is -3.00. The molecule has 5 heterocycles. The highest BCUT2D eigenvalue weighted by Crippen LogP contribution is 2.32. The Morgan fingerprint density at radius 3 is 0.966 bits per heavy atom. The molecule has 5 rings (SSSR count). The van der Waals surface area contributed by atoms with Crippen molar-refractivity contribution in [3.8, 4) is 0 Å². The highest BCUT2D eigenvalue weighted by molar-refractivity contribution is 5.85. The van der Waals surface area contributed by atoms with Crippen molar-refractivity contribution in [1.29, 1.82) is 0 Å². The van der Waals surface area contributed by atoms with Gasteiger partial charge in [-0.15, -0.1) is 0 Å². The van der Waals surface area contributed by atoms with Gasteiger partial charge in [-0.1, -0.05) is 26.2 Å². The second-order valence-electron chi connectivity index (χ2n) is 30.4. The third-order valence-corrected chi connectivity index (χ3v) is 20.6. The summed E-state index contributed by atoms with van der Waals surface area (Å²) in [6.07, 6.45) is -30.2. The van der Waals surface area contributed by atoms with Crippen LogP contribution in [0.1, 0.15) is 149 Å². The zero-order valence-corrected chi connectivity index (χ0v) is 67.6. The first-order valence-electron chi connectivity index (χ1n) is 41.0. The molecule has 5 saturated heterocycles. The first-order valence-corrected chi connectivity index (χ1v) is 41.0. The van der Waals surface area contributed by atoms with Gasteiger partial charge in [0, 0.05) is 77.8 Å². The van der Waals surface area contributed by atoms with Crippen LogP contribution in [0.5, 0.6) is 0 Å². The molecule has 43 nitrogen and oxygen atoms in total. The number of nitrogens with zero attached hydrogens (tertiary/aromatic N) is 2. The number of ketones is 3. The van der Waals surface area contributed by atoms with Crippen LogP contribution in [-0.4, -0.2) is 416 Å². The summed E-state index contributed by atoms with van der Waals surface area (Å²) in [5.41, 5.74) is 0. The minimum atomic E-state index is -1.95. The zero-order valence-electron chi connectivity index (χ0n) is 67.6. The number of unbranched alkanes of at least 4 members (excludes halogenated alkanes) is 8. The Kier molecular flexibility index (Phi) is 48.8. The van der Waals surface area contributed by atoms with E-state index in [1.807, 2.05) is 0 Å². The van der Waals surface area contributed by atoms with E-state index in [0.29, 0.717) is 103 Å². The van der Waals surface area contributed by atoms with Gasteiger partial charge in [0.2, 0.25) is 35.4 Å². The molecule has 0 aromatic rings. The molecule has 0 radical (unpaired) electrons. The van der Waals surface area contributed by atoms with Gasteiger partial charge in [-0.25, -0.2) is 0 Å². The van der Waals surface area contributed by atoms with E-state index >= 15 is 0 Å². The number of aliphatic hydroxyl groups is 16. The number of hydrogen-bond acceptors (Lipinski definition) is 37. The molecule has 6 amide bonds. The van der Waals surface area contributed by atoms with Crippen LogP contribution >= 0.6 is 0 Å². The molecule has 22 N–H and O–H groups in total. The van der Waals surface area contributed by atoms with Crippen molar-refractivity contribution in [2.45, 2.75) is 303 Å². The molecule has 0 aromatic heterocycles. The van der Waals surface area contributed by atoms with E-state index in [1.54, 1.807) is 6.92 Å². The molecule has 0 aliphatic carbocycles. The number of ether oxygens (including phenoxy) is 10. The van der Waals surface area contributed by atoms with Crippen LogP contribution < -0.4 is 31.9 Å². The number of rotatable bonds is 58. The summed E-state index contributed by atoms with van der Waals surface area (Å²) in [7, 11) is 0. The molecule has 43 heteroatoms. The number of carbonyl (C=O) groups excluding carboxylic acids is 9. The van der Waals surface area contributed by atoms with E-state index in [-0.39, 0.29) is 135 Å². The molecule has 5 fully saturated rings. The lowest BCUT2D eigenvalue weighted by atomic mass is 9.96. The summed E-state index contributed by atoms with van der Waals surface area (Å²) >= 11 is 0. The molecule has 0 aromatic carbocycles. The van der Waals surface area contributed by atoms with Crippen molar-refractivity contribution in [3.05, 3.63) is 0 Å². The lowest BCUT2D eigenvalue weighted by molar-refractivity contribution is -0.366. The Labute approximate surface area is 685 Å². The Bertz CT molecular complexity index is 2960. The summed E-state index contributed by atoms with van der Waals surface area (Å²) in [5, 5.41) is 181. The SMILES string of the molecule is CCC(=O)CCCCCNC(=O)CN(CC(=O)NCCCCCNC(=O)CN(CC(=O)NCCCCCC(=O)CCCO[C@@H]1O[C@@H](C)[C@@H](O)[C@@H](O)[C@@H]1O)CC(=O)NCCO[C@@H]1O[C@@H](C)[C@@H](O)[C@H](O)[C@@H]1O)CC(=O)NCCCCCC(=O)CCCO[C@H]1O[C@H](CO[C@H]2O[C@H](CO)[C@@H](O)[C@H](O)[C@@H]2O)[C@@H](O)[C@H](O[C@H]2O[C@H](CO)[C@@H](O)[C@H](O)[C@@H]2O)[C@@H]1O. The van der Waals surface area contributed by atoms with Crippen molar-refractivity contribution < 1.29 is 172 Å². The monoisotopic (exact) mass is 1700 g/mol. The maximum Gasteiger partial charge on any atom is 0.234 e. The van der Waals surface area contributed by atoms with Gasteiger partial charge in [0.1, 0.15) is 127 Å². The molecule has 0 unspecified atom stereocenters. The van der Waals surface area contributed by atoms with Crippen molar-refractivity contribution in [2.24, 2.45) is 0 Å². The molecular formula is C75H132N8O35. The molecule has 5 aliphatic heterocycles. The topological polar surface area (TPSA) is 648 Å². The van der Waals surface area contributed by atoms with Gasteiger partial charge in [0.15, 0.2) is 31.5 Å². The van der Waals surface area contributed by atoms with E-state index in [9.17, 15) is 125 Å². The van der Waals surface area contributed by atoms with Crippen LogP contribution in [0.3, 0.4) is 0 Å². The smallest absolute Gasteiger partial charge is 0.234 e. The van der Waals surface area contributed by atoms with E-state index < -0.39 is 215 Å². The van der Waals surface area contributed by atoms with Crippen LogP contribution in [0.4, 0.5) is 0 Å². The van der Waals surface area contributed by atoms with E-state index in [1.165, 1.54) is 23.6 Å². The number of carbonyl (C=O) groups is 9. The Morgan fingerprint density at radius 1 is 0.297 bits per heavy atom. The highest BCUT2D eigenvalue weighted by Gasteiger charge is 2.53. The summed E-state index contributed by atoms with van der Waals surface area (Å²) in [6.45, 7) is 1.19. The Hall–Kier alpha value is -5.29. The van der Waals surface area contributed by atoms with Crippen molar-refractivity contribution in [2.75, 3.05) is 118 Å². The summed E-state index contributed by atoms with van der Waals surface area (Å²) in [6, 6.07) is 0. The predicted molar refractivity (Wildman–Crippen MR) is 406 cm³/mol. The molecular weight excluding hydrogens is 1570 g/mol. The average molecular weight is 1710 g/mol. The number of amides is 6. The fraction of sp³-hybridized carbons (Fsp3) is 0.880. The van der Waals surface area contributed by atoms with Crippen LogP contribution in [0.2, 0.25) is 0 Å². The van der Waals surface area contributed by atoms with E-state index in [0.717, 1.165) is 0 Å². The lowest BCUT2D eigenvalue weighted by Gasteiger charge is -2.46. The maximum absolute atomic E-state index is 13.3. The number of Topliss-reactive ketones (excluding diaryl/α,β-unsaturated/α-hetero) is 3. The zero-order chi connectivity index (χ0) is 87.0. The van der Waals surface area contributed by atoms with Crippen LogP contribution in [0.25, 0.3) is 0 Å². The minimum Gasteiger partial charge on any atom is -0.394 e. The van der Waals surface area contributed by atoms with Crippen LogP contribution in [-0.2, 0) is 90.5 Å². The van der Waals surface area contributed by atoms with E-state index in [4.69, 9.17) is 47.4 Å². The molecule has 5 aliphatic rings. The average Bonchev–Trinajstić information content (AvgIpc) is 0.786. The van der Waals surface area contributed by atoms with Gasteiger partial charge >= 0.3 is 0 Å². The van der Waals surface area contributed by atoms with Gasteiger partial charge in [-0.05, 0) is 84.5 Å². The normalized spacial score (nSPS) is 31.1. The maximum atomic E-state index is 13.3. The van der Waals surface area contributed by atoms with Crippen molar-refractivity contribution in [1.82, 2.24) is 41.7 Å². The van der Waals surface area contributed by atoms with Gasteiger partial charge < -0.3 is 161 Å². The minimum absolute atomic E-state index is 0.00917. The largest absolute Gasteiger partial charge is 0.394 e. The van der Waals surface area contributed by atoms with Crippen LogP contribution in [0, 0.1) is 0 Å². The van der Waals surface area contributed by atoms with Gasteiger partial charge in [-0.3, -0.25) is 53.0 Å². The Balaban J connectivity index is 1.02. The number of aliphatic hydroxyl groups excluding tert-OH is 16. The molecule has 118 heavy (non-hydrogen) atoms. The molecule has 682 valence electrons. The van der Waals surface area contributed by atoms with Gasteiger partial charge in [-0.2, -0.15) is 0 Å². The third-order valence-electron chi connectivity index (χ3n) is 20.6. The van der Waals surface area contributed by atoms with Crippen molar-refractivity contribution >= 4 is 52.8 Å². The second-order valence-corrected chi connectivity index (χ2v) is 30.4. The number of hydrogen-bond donors (Lipinski definition) is 22. The first-order chi connectivity index (χ1) is 56.3. The molecule has 0 spiro atoms. The fourth-order valence-electron chi connectivity index (χ4n) is 13.4. The molecule has 0 saturated carbocycles. The lowest BCUT2D eigenvalue weighted by Crippen LogP contribution is -2.65. The number of nitrogens with one attached hydrogen (secondary N) is 6. The Morgan fingerprint density at radius 2 is 0.593 bits per heavy atom. The van der Waals surface area contributed by atoms with Gasteiger partial charge in [0.25, 0.3) is 0 Å². The highest BCUT2D eigenvalue weighted by atomic mass is 16.8. The third kappa shape index (κ3) is 36.3. The first kappa shape index (κ1) is 103. The summed E-state index contributed by atoms with van der Waals surface area (Å²) in [4.78, 5) is 119. The predicted octanol–water partition coefficient (Wildman–Crippen LogP) is -9.03. The van der Waals surface area contributed by atoms with Gasteiger partial charge in [0.05, 0.1) is 91.1 Å². The fourth-order valence-corrected chi connectivity index (χ4v) is 13.4. The molecule has 0 bridgehead atoms. The standard InChI is InChI=1S/C75H132N8O35/c1-4-44(86)19-9-5-12-24-76-50(89)33-82(34-51(90)77-25-13-7-11-21-46(88)23-18-31-110-74-69(108)70(118-75-68(107)64(103)59(98)48(40-85)116-75)60(99)49(117-74)41-112-73-67(106)63(102)58(97)47(39-84)115-73)35-53(92)79-27-15-8-16-28-80-54(93)37-83(38-55(94)81-29-32-111-72-66(105)62(101)57(96)43(3)114-72)36-52(91)78-26-14-6-10-20-45(87)22-17-30-109-71-65(104)61(100)56(95)42(2)113-71/h42-43,47-49,56-75,84-85,95-108H,4-41H2,1-3H3,(H,76,89)(H,77,90)(H,78,91)(H,79,92)(H,80,93)(H,81,94)/t42-,43-,47+,48+,49+,56+,57+,58+,59+,60+,61+,62-,63-,64-,65-,66-,67-,68-,69-,70-,71+,72+,73-,74-,75+/m0/s1. The molecule has 25 atom stereocenters.